The monoisotopic (exact) mass is 375 g/mol. The van der Waals surface area contributed by atoms with Crippen LogP contribution < -0.4 is 10.1 Å². The van der Waals surface area contributed by atoms with Crippen molar-refractivity contribution in [2.45, 2.75) is 11.7 Å². The molecular formula is C18H14ClNO4S. The van der Waals surface area contributed by atoms with Crippen molar-refractivity contribution in [3.05, 3.63) is 64.7 Å². The predicted molar refractivity (Wildman–Crippen MR) is 96.3 cm³/mol. The number of ketones is 1. The Morgan fingerprint density at radius 3 is 2.56 bits per heavy atom. The summed E-state index contributed by atoms with van der Waals surface area (Å²) in [5.41, 5.74) is 1.41. The Kier molecular flexibility index (Phi) is 5.40. The maximum atomic E-state index is 12.1. The molecule has 0 radical (unpaired) electrons. The molecule has 2 aromatic carbocycles. The Bertz CT molecular complexity index is 822. The van der Waals surface area contributed by atoms with E-state index in [9.17, 15) is 14.4 Å². The van der Waals surface area contributed by atoms with Gasteiger partial charge in [0.2, 0.25) is 5.91 Å². The van der Waals surface area contributed by atoms with Crippen LogP contribution in [-0.4, -0.2) is 28.8 Å². The van der Waals surface area contributed by atoms with Gasteiger partial charge in [0.15, 0.2) is 12.4 Å². The van der Waals surface area contributed by atoms with Gasteiger partial charge in [0, 0.05) is 10.6 Å². The largest absolute Gasteiger partial charge is 0.485 e. The van der Waals surface area contributed by atoms with Gasteiger partial charge in [-0.05, 0) is 36.2 Å². The minimum absolute atomic E-state index is 0.0882. The Balaban J connectivity index is 1.55. The molecule has 1 aliphatic heterocycles. The van der Waals surface area contributed by atoms with Crippen molar-refractivity contribution in [2.24, 2.45) is 0 Å². The number of ether oxygens (including phenoxy) is 1. The van der Waals surface area contributed by atoms with Gasteiger partial charge in [0.25, 0.3) is 5.24 Å². The number of Topliss-reactive ketones (excluding diaryl/α,β-unsaturated/α-hetero) is 1. The van der Waals surface area contributed by atoms with E-state index in [2.05, 4.69) is 5.32 Å². The molecule has 1 fully saturated rings. The van der Waals surface area contributed by atoms with Gasteiger partial charge in [0.05, 0.1) is 5.25 Å². The fourth-order valence-corrected chi connectivity index (χ4v) is 3.41. The van der Waals surface area contributed by atoms with Crippen LogP contribution in [0.5, 0.6) is 5.75 Å². The van der Waals surface area contributed by atoms with Crippen molar-refractivity contribution < 1.29 is 19.1 Å². The molecule has 2 aromatic rings. The summed E-state index contributed by atoms with van der Waals surface area (Å²) in [6.07, 6.45) is 0.462. The molecular weight excluding hydrogens is 362 g/mol. The molecule has 5 nitrogen and oxygen atoms in total. The van der Waals surface area contributed by atoms with Gasteiger partial charge in [-0.25, -0.2) is 0 Å². The first-order valence-corrected chi connectivity index (χ1v) is 8.79. The average molecular weight is 376 g/mol. The lowest BCUT2D eigenvalue weighted by molar-refractivity contribution is -0.118. The molecule has 1 saturated heterocycles. The summed E-state index contributed by atoms with van der Waals surface area (Å²) in [6, 6.07) is 13.8. The van der Waals surface area contributed by atoms with Crippen LogP contribution in [0.1, 0.15) is 15.9 Å². The highest BCUT2D eigenvalue weighted by molar-refractivity contribution is 8.15. The lowest BCUT2D eigenvalue weighted by Gasteiger charge is -2.08. The molecule has 0 spiro atoms. The van der Waals surface area contributed by atoms with Crippen molar-refractivity contribution in [3.8, 4) is 5.75 Å². The molecule has 0 unspecified atom stereocenters. The molecule has 1 N–H and O–H groups in total. The number of benzene rings is 2. The van der Waals surface area contributed by atoms with E-state index in [4.69, 9.17) is 16.3 Å². The maximum Gasteiger partial charge on any atom is 0.286 e. The summed E-state index contributed by atoms with van der Waals surface area (Å²) in [4.78, 5) is 34.8. The highest BCUT2D eigenvalue weighted by Gasteiger charge is 2.31. The normalized spacial score (nSPS) is 16.6. The minimum atomic E-state index is -0.399. The molecule has 7 heteroatoms. The average Bonchev–Trinajstić information content (AvgIpc) is 2.91. The predicted octanol–water partition coefficient (Wildman–Crippen LogP) is 3.50. The van der Waals surface area contributed by atoms with Gasteiger partial charge < -0.3 is 4.74 Å². The van der Waals surface area contributed by atoms with Crippen LogP contribution in [0.3, 0.4) is 0 Å². The number of nitrogens with one attached hydrogen (secondary N) is 1. The number of rotatable bonds is 6. The van der Waals surface area contributed by atoms with E-state index < -0.39 is 5.25 Å². The molecule has 0 bridgehead atoms. The standard InChI is InChI=1S/C18H14ClNO4S/c19-13-3-1-2-12(9-13)15(21)10-24-14-6-4-11(5-7-14)8-16-17(22)20-18(23)25-16/h1-7,9,16H,8,10H2,(H,20,22,23)/t16-/m1/s1. The lowest BCUT2D eigenvalue weighted by Crippen LogP contribution is -2.25. The molecule has 1 aliphatic rings. The maximum absolute atomic E-state index is 12.1. The quantitative estimate of drug-likeness (QED) is 0.782. The van der Waals surface area contributed by atoms with Gasteiger partial charge in [-0.1, -0.05) is 47.6 Å². The summed E-state index contributed by atoms with van der Waals surface area (Å²) in [7, 11) is 0. The van der Waals surface area contributed by atoms with Crippen LogP contribution in [0, 0.1) is 0 Å². The van der Waals surface area contributed by atoms with Crippen LogP contribution in [0.2, 0.25) is 5.02 Å². The Hall–Kier alpha value is -2.31. The van der Waals surface area contributed by atoms with Gasteiger partial charge in [-0.2, -0.15) is 0 Å². The van der Waals surface area contributed by atoms with Crippen LogP contribution in [0.15, 0.2) is 48.5 Å². The smallest absolute Gasteiger partial charge is 0.286 e. The van der Waals surface area contributed by atoms with Crippen molar-refractivity contribution in [2.75, 3.05) is 6.61 Å². The number of amides is 2. The van der Waals surface area contributed by atoms with E-state index in [1.54, 1.807) is 36.4 Å². The summed E-state index contributed by atoms with van der Waals surface area (Å²) in [5, 5.41) is 2.06. The second kappa shape index (κ2) is 7.72. The number of carbonyl (C=O) groups is 3. The zero-order valence-corrected chi connectivity index (χ0v) is 14.6. The fraction of sp³-hybridized carbons (Fsp3) is 0.167. The molecule has 1 atom stereocenters. The highest BCUT2D eigenvalue weighted by Crippen LogP contribution is 2.24. The molecule has 1 heterocycles. The third-order valence-electron chi connectivity index (χ3n) is 3.63. The fourth-order valence-electron chi connectivity index (χ4n) is 2.36. The van der Waals surface area contributed by atoms with Gasteiger partial charge in [-0.3, -0.25) is 19.7 Å². The highest BCUT2D eigenvalue weighted by atomic mass is 35.5. The van der Waals surface area contributed by atoms with Crippen molar-refractivity contribution in [1.82, 2.24) is 5.32 Å². The van der Waals surface area contributed by atoms with Crippen LogP contribution >= 0.6 is 23.4 Å². The zero-order valence-electron chi connectivity index (χ0n) is 13.0. The van der Waals surface area contributed by atoms with Crippen LogP contribution in [-0.2, 0) is 11.2 Å². The first-order valence-electron chi connectivity index (χ1n) is 7.53. The molecule has 3 rings (SSSR count). The third-order valence-corrected chi connectivity index (χ3v) is 4.84. The molecule has 0 aromatic heterocycles. The van der Waals surface area contributed by atoms with E-state index in [1.165, 1.54) is 0 Å². The molecule has 0 aliphatic carbocycles. The summed E-state index contributed by atoms with van der Waals surface area (Å²) >= 11 is 6.87. The Morgan fingerprint density at radius 2 is 1.92 bits per heavy atom. The number of halogens is 1. The van der Waals surface area contributed by atoms with E-state index in [0.717, 1.165) is 17.3 Å². The number of thioether (sulfide) groups is 1. The van der Waals surface area contributed by atoms with Crippen LogP contribution in [0.4, 0.5) is 4.79 Å². The summed E-state index contributed by atoms with van der Waals surface area (Å²) in [5.74, 6) is 0.130. The van der Waals surface area contributed by atoms with Crippen molar-refractivity contribution in [1.29, 1.82) is 0 Å². The first-order chi connectivity index (χ1) is 12.0. The first kappa shape index (κ1) is 17.5. The van der Waals surface area contributed by atoms with E-state index in [-0.39, 0.29) is 23.5 Å². The minimum Gasteiger partial charge on any atom is -0.485 e. The van der Waals surface area contributed by atoms with E-state index in [0.29, 0.717) is 22.8 Å². The van der Waals surface area contributed by atoms with E-state index >= 15 is 0 Å². The lowest BCUT2D eigenvalue weighted by atomic mass is 10.1. The number of hydrogen-bond acceptors (Lipinski definition) is 5. The SMILES string of the molecule is O=C1NC(=O)[C@@H](Cc2ccc(OCC(=O)c3cccc(Cl)c3)cc2)S1. The topological polar surface area (TPSA) is 72.5 Å². The summed E-state index contributed by atoms with van der Waals surface area (Å²) < 4.78 is 5.49. The van der Waals surface area contributed by atoms with Gasteiger partial charge in [0.1, 0.15) is 5.75 Å². The van der Waals surface area contributed by atoms with Gasteiger partial charge in [-0.15, -0.1) is 0 Å². The second-order valence-electron chi connectivity index (χ2n) is 5.45. The molecule has 128 valence electrons. The van der Waals surface area contributed by atoms with Gasteiger partial charge >= 0.3 is 0 Å². The molecule has 0 saturated carbocycles. The molecule has 2 amide bonds. The summed E-state index contributed by atoms with van der Waals surface area (Å²) in [6.45, 7) is -0.0882. The van der Waals surface area contributed by atoms with Crippen molar-refractivity contribution in [3.63, 3.8) is 0 Å². The Labute approximate surface area is 153 Å². The van der Waals surface area contributed by atoms with E-state index in [1.807, 2.05) is 12.1 Å². The second-order valence-corrected chi connectivity index (χ2v) is 7.07. The third kappa shape index (κ3) is 4.61. The number of imide groups is 1. The number of carbonyl (C=O) groups excluding carboxylic acids is 3. The van der Waals surface area contributed by atoms with Crippen molar-refractivity contribution >= 4 is 40.3 Å². The molecule has 25 heavy (non-hydrogen) atoms. The zero-order chi connectivity index (χ0) is 17.8. The number of hydrogen-bond donors (Lipinski definition) is 1. The van der Waals surface area contributed by atoms with Crippen LogP contribution in [0.25, 0.3) is 0 Å². The Morgan fingerprint density at radius 1 is 1.16 bits per heavy atom.